The Morgan fingerprint density at radius 3 is 2.62 bits per heavy atom. The second-order valence-electron chi connectivity index (χ2n) is 6.24. The molecule has 2 aromatic carbocycles. The lowest BCUT2D eigenvalue weighted by Gasteiger charge is -2.23. The summed E-state index contributed by atoms with van der Waals surface area (Å²) in [6, 6.07) is 17.8. The Hall–Kier alpha value is -2.39. The molecule has 0 aliphatic heterocycles. The normalized spacial score (nSPS) is 16.9. The summed E-state index contributed by atoms with van der Waals surface area (Å²) in [4.78, 5) is 12.7. The fourth-order valence-corrected chi connectivity index (χ4v) is 3.74. The molecule has 0 radical (unpaired) electrons. The predicted octanol–water partition coefficient (Wildman–Crippen LogP) is 4.75. The van der Waals surface area contributed by atoms with Gasteiger partial charge in [-0.3, -0.25) is 4.79 Å². The number of ketones is 1. The lowest BCUT2D eigenvalue weighted by atomic mass is 9.81. The Bertz CT molecular complexity index is 915. The minimum Gasteiger partial charge on any atom is -0.294 e. The van der Waals surface area contributed by atoms with E-state index < -0.39 is 0 Å². The molecule has 1 heterocycles. The number of hydrogen-bond donors (Lipinski definition) is 0. The highest BCUT2D eigenvalue weighted by Crippen LogP contribution is 2.35. The summed E-state index contributed by atoms with van der Waals surface area (Å²) in [6.45, 7) is 1.91. The second-order valence-corrected chi connectivity index (χ2v) is 6.67. The summed E-state index contributed by atoms with van der Waals surface area (Å²) < 4.78 is 1.92. The highest BCUT2D eigenvalue weighted by atomic mass is 35.5. The van der Waals surface area contributed by atoms with Crippen LogP contribution in [0.2, 0.25) is 5.02 Å². The molecular formula is C20H17ClN2O. The van der Waals surface area contributed by atoms with Gasteiger partial charge in [-0.25, -0.2) is 4.68 Å². The van der Waals surface area contributed by atoms with E-state index >= 15 is 0 Å². The number of nitrogens with zero attached hydrogens (tertiary/aromatic N) is 2. The average molecular weight is 337 g/mol. The fraction of sp³-hybridized carbons (Fsp3) is 0.200. The first-order chi connectivity index (χ1) is 11.6. The Labute approximate surface area is 145 Å². The van der Waals surface area contributed by atoms with E-state index in [0.717, 1.165) is 34.6 Å². The minimum absolute atomic E-state index is 0.141. The second kappa shape index (κ2) is 5.91. The van der Waals surface area contributed by atoms with Crippen molar-refractivity contribution in [3.05, 3.63) is 82.1 Å². The van der Waals surface area contributed by atoms with Crippen LogP contribution in [0.5, 0.6) is 0 Å². The topological polar surface area (TPSA) is 34.9 Å². The number of fused-ring (bicyclic) bond motifs is 1. The quantitative estimate of drug-likeness (QED) is 0.677. The van der Waals surface area contributed by atoms with Gasteiger partial charge in [-0.2, -0.15) is 5.10 Å². The summed E-state index contributed by atoms with van der Waals surface area (Å²) in [5.74, 6) is 0.308. The Balaban J connectivity index is 1.80. The fourth-order valence-electron chi connectivity index (χ4n) is 3.54. The van der Waals surface area contributed by atoms with Gasteiger partial charge in [0.15, 0.2) is 5.78 Å². The summed E-state index contributed by atoms with van der Waals surface area (Å²) in [5, 5.41) is 5.34. The van der Waals surface area contributed by atoms with Crippen LogP contribution in [0.25, 0.3) is 5.69 Å². The summed E-state index contributed by atoms with van der Waals surface area (Å²) in [7, 11) is 0. The van der Waals surface area contributed by atoms with E-state index in [1.54, 1.807) is 0 Å². The molecule has 120 valence electrons. The van der Waals surface area contributed by atoms with E-state index in [-0.39, 0.29) is 11.7 Å². The zero-order valence-electron chi connectivity index (χ0n) is 13.4. The summed E-state index contributed by atoms with van der Waals surface area (Å²) in [5.41, 5.74) is 4.70. The van der Waals surface area contributed by atoms with Crippen molar-refractivity contribution in [1.29, 1.82) is 0 Å². The van der Waals surface area contributed by atoms with Crippen LogP contribution in [-0.2, 0) is 6.42 Å². The Morgan fingerprint density at radius 1 is 1.08 bits per heavy atom. The first kappa shape index (κ1) is 15.2. The SMILES string of the molecule is Cc1nn(-c2ccccc2)c2c1C(=O)CC(c1cccc(Cl)c1)C2. The number of aryl methyl sites for hydroxylation is 1. The van der Waals surface area contributed by atoms with Crippen LogP contribution in [-0.4, -0.2) is 15.6 Å². The lowest BCUT2D eigenvalue weighted by molar-refractivity contribution is 0.0963. The molecule has 1 unspecified atom stereocenters. The van der Waals surface area contributed by atoms with E-state index in [1.165, 1.54) is 0 Å². The van der Waals surface area contributed by atoms with Crippen LogP contribution in [0.4, 0.5) is 0 Å². The third-order valence-corrected chi connectivity index (χ3v) is 4.86. The van der Waals surface area contributed by atoms with Gasteiger partial charge in [0.05, 0.1) is 22.6 Å². The number of Topliss-reactive ketones (excluding diaryl/α,β-unsaturated/α-hetero) is 1. The third-order valence-electron chi connectivity index (χ3n) is 4.63. The van der Waals surface area contributed by atoms with Crippen molar-refractivity contribution < 1.29 is 4.79 Å². The lowest BCUT2D eigenvalue weighted by Crippen LogP contribution is -2.20. The molecule has 1 aromatic heterocycles. The Morgan fingerprint density at radius 2 is 1.88 bits per heavy atom. The van der Waals surface area contributed by atoms with Crippen molar-refractivity contribution >= 4 is 17.4 Å². The van der Waals surface area contributed by atoms with E-state index in [1.807, 2.05) is 66.2 Å². The predicted molar refractivity (Wildman–Crippen MR) is 95.1 cm³/mol. The number of carbonyl (C=O) groups excluding carboxylic acids is 1. The highest BCUT2D eigenvalue weighted by molar-refractivity contribution is 6.30. The van der Waals surface area contributed by atoms with Gasteiger partial charge >= 0.3 is 0 Å². The molecule has 0 N–H and O–H groups in total. The maximum absolute atomic E-state index is 12.7. The molecule has 0 saturated heterocycles. The number of carbonyl (C=O) groups is 1. The maximum atomic E-state index is 12.7. The summed E-state index contributed by atoms with van der Waals surface area (Å²) in [6.07, 6.45) is 1.30. The zero-order chi connectivity index (χ0) is 16.7. The van der Waals surface area contributed by atoms with Gasteiger partial charge in [-0.05, 0) is 49.1 Å². The van der Waals surface area contributed by atoms with Crippen LogP contribution in [0.1, 0.15) is 39.6 Å². The van der Waals surface area contributed by atoms with Crippen LogP contribution in [0, 0.1) is 6.92 Å². The Kier molecular flexibility index (Phi) is 3.73. The molecule has 1 aliphatic carbocycles. The molecule has 4 rings (SSSR count). The number of hydrogen-bond acceptors (Lipinski definition) is 2. The molecule has 1 atom stereocenters. The van der Waals surface area contributed by atoms with Gasteiger partial charge in [-0.1, -0.05) is 41.9 Å². The van der Waals surface area contributed by atoms with Gasteiger partial charge in [-0.15, -0.1) is 0 Å². The molecule has 1 aliphatic rings. The monoisotopic (exact) mass is 336 g/mol. The molecule has 3 nitrogen and oxygen atoms in total. The molecule has 3 aromatic rings. The van der Waals surface area contributed by atoms with E-state index in [2.05, 4.69) is 5.10 Å². The van der Waals surface area contributed by atoms with Crippen molar-refractivity contribution in [3.63, 3.8) is 0 Å². The molecule has 0 fully saturated rings. The maximum Gasteiger partial charge on any atom is 0.167 e. The molecule has 0 amide bonds. The highest BCUT2D eigenvalue weighted by Gasteiger charge is 2.32. The van der Waals surface area contributed by atoms with Gasteiger partial charge < -0.3 is 0 Å². The van der Waals surface area contributed by atoms with E-state index in [9.17, 15) is 4.79 Å². The third kappa shape index (κ3) is 2.55. The van der Waals surface area contributed by atoms with Gasteiger partial charge in [0.1, 0.15) is 0 Å². The van der Waals surface area contributed by atoms with Crippen molar-refractivity contribution in [3.8, 4) is 5.69 Å². The van der Waals surface area contributed by atoms with Crippen LogP contribution in [0.15, 0.2) is 54.6 Å². The smallest absolute Gasteiger partial charge is 0.167 e. The number of halogens is 1. The number of benzene rings is 2. The van der Waals surface area contributed by atoms with Gasteiger partial charge in [0.25, 0.3) is 0 Å². The van der Waals surface area contributed by atoms with Crippen molar-refractivity contribution in [2.45, 2.75) is 25.7 Å². The summed E-state index contributed by atoms with van der Waals surface area (Å²) >= 11 is 6.13. The number of aromatic nitrogens is 2. The van der Waals surface area contributed by atoms with E-state index in [4.69, 9.17) is 11.6 Å². The largest absolute Gasteiger partial charge is 0.294 e. The zero-order valence-corrected chi connectivity index (χ0v) is 14.1. The molecule has 0 spiro atoms. The standard InChI is InChI=1S/C20H17ClN2O/c1-13-20-18(23(22-13)17-8-3-2-4-9-17)11-15(12-19(20)24)14-6-5-7-16(21)10-14/h2-10,15H,11-12H2,1H3. The molecule has 24 heavy (non-hydrogen) atoms. The average Bonchev–Trinajstić information content (AvgIpc) is 2.93. The first-order valence-electron chi connectivity index (χ1n) is 8.06. The number of para-hydroxylation sites is 1. The van der Waals surface area contributed by atoms with Crippen molar-refractivity contribution in [2.75, 3.05) is 0 Å². The molecule has 4 heteroatoms. The molecule has 0 bridgehead atoms. The first-order valence-corrected chi connectivity index (χ1v) is 8.44. The van der Waals surface area contributed by atoms with Crippen molar-refractivity contribution in [1.82, 2.24) is 9.78 Å². The van der Waals surface area contributed by atoms with Gasteiger partial charge in [0.2, 0.25) is 0 Å². The van der Waals surface area contributed by atoms with Crippen LogP contribution < -0.4 is 0 Å². The number of rotatable bonds is 2. The van der Waals surface area contributed by atoms with E-state index in [0.29, 0.717) is 11.4 Å². The van der Waals surface area contributed by atoms with Gasteiger partial charge in [0, 0.05) is 11.4 Å². The van der Waals surface area contributed by atoms with Crippen LogP contribution in [0.3, 0.4) is 0 Å². The molecule has 0 saturated carbocycles. The minimum atomic E-state index is 0.141. The van der Waals surface area contributed by atoms with Crippen LogP contribution >= 0.6 is 11.6 Å². The molecular weight excluding hydrogens is 320 g/mol. The van der Waals surface area contributed by atoms with Crippen molar-refractivity contribution in [2.24, 2.45) is 0 Å².